The van der Waals surface area contributed by atoms with Gasteiger partial charge in [0, 0.05) is 11.1 Å². The number of aliphatic hydroxyl groups is 1. The summed E-state index contributed by atoms with van der Waals surface area (Å²) in [4.78, 5) is 0.105. The number of nitrogens with one attached hydrogen (secondary N) is 1. The van der Waals surface area contributed by atoms with Crippen LogP contribution in [0, 0.1) is 0 Å². The van der Waals surface area contributed by atoms with Gasteiger partial charge in [0.1, 0.15) is 0 Å². The van der Waals surface area contributed by atoms with E-state index in [9.17, 15) is 8.42 Å². The molecule has 0 aliphatic rings. The molecule has 114 valence electrons. The monoisotopic (exact) mass is 345 g/mol. The van der Waals surface area contributed by atoms with E-state index in [-0.39, 0.29) is 17.5 Å². The van der Waals surface area contributed by atoms with Gasteiger partial charge in [-0.05, 0) is 59.5 Å². The third-order valence-corrected chi connectivity index (χ3v) is 5.66. The van der Waals surface area contributed by atoms with E-state index < -0.39 is 10.0 Å². The van der Waals surface area contributed by atoms with Crippen LogP contribution < -0.4 is 4.72 Å². The Morgan fingerprint density at radius 3 is 2.76 bits per heavy atom. The summed E-state index contributed by atoms with van der Waals surface area (Å²) < 4.78 is 27.3. The van der Waals surface area contributed by atoms with Gasteiger partial charge in [-0.3, -0.25) is 0 Å². The van der Waals surface area contributed by atoms with E-state index in [2.05, 4.69) is 4.72 Å². The summed E-state index contributed by atoms with van der Waals surface area (Å²) in [6.45, 7) is 1.52. The summed E-state index contributed by atoms with van der Waals surface area (Å²) in [5, 5.41) is 13.5. The number of thiophene rings is 1. The van der Waals surface area contributed by atoms with E-state index in [0.717, 1.165) is 5.56 Å². The number of hydrogen-bond donors (Lipinski definition) is 2. The van der Waals surface area contributed by atoms with Crippen LogP contribution in [0.2, 0.25) is 5.02 Å². The summed E-state index contributed by atoms with van der Waals surface area (Å²) in [5.74, 6) is 0. The first kappa shape index (κ1) is 16.5. The molecule has 2 N–H and O–H groups in total. The van der Waals surface area contributed by atoms with Gasteiger partial charge >= 0.3 is 0 Å². The van der Waals surface area contributed by atoms with Gasteiger partial charge < -0.3 is 5.11 Å². The van der Waals surface area contributed by atoms with Crippen molar-refractivity contribution in [3.8, 4) is 0 Å². The second-order valence-corrected chi connectivity index (χ2v) is 7.67. The van der Waals surface area contributed by atoms with Gasteiger partial charge in [0.15, 0.2) is 0 Å². The van der Waals surface area contributed by atoms with Crippen LogP contribution in [-0.4, -0.2) is 19.6 Å². The fourth-order valence-corrected chi connectivity index (χ4v) is 4.13. The molecule has 4 nitrogen and oxygen atoms in total. The third kappa shape index (κ3) is 4.28. The molecule has 0 saturated heterocycles. The van der Waals surface area contributed by atoms with Gasteiger partial charge in [-0.15, -0.1) is 0 Å². The molecule has 0 saturated carbocycles. The minimum Gasteiger partial charge on any atom is -0.392 e. The molecule has 0 radical (unpaired) electrons. The quantitative estimate of drug-likeness (QED) is 0.846. The van der Waals surface area contributed by atoms with Gasteiger partial charge in [-0.1, -0.05) is 11.6 Å². The van der Waals surface area contributed by atoms with E-state index in [1.165, 1.54) is 18.2 Å². The summed E-state index contributed by atoms with van der Waals surface area (Å²) in [6.07, 6.45) is 0.628. The van der Waals surface area contributed by atoms with Crippen LogP contribution in [-0.2, 0) is 23.1 Å². The van der Waals surface area contributed by atoms with Crippen LogP contribution in [0.4, 0.5) is 0 Å². The van der Waals surface area contributed by atoms with E-state index in [0.29, 0.717) is 17.0 Å². The van der Waals surface area contributed by atoms with Crippen molar-refractivity contribution in [2.75, 3.05) is 0 Å². The predicted octanol–water partition coefficient (Wildman–Crippen LogP) is 2.80. The molecule has 1 unspecified atom stereocenters. The standard InChI is InChI=1S/C14H16ClNO3S2/c1-10(6-11-4-5-20-9-11)16-21(18,19)13-2-3-14(15)12(7-13)8-17/h2-5,7,9-10,16-17H,6,8H2,1H3. The minimum atomic E-state index is -3.63. The van der Waals surface area contributed by atoms with E-state index in [1.54, 1.807) is 11.3 Å². The molecular formula is C14H16ClNO3S2. The van der Waals surface area contributed by atoms with Gasteiger partial charge in [-0.25, -0.2) is 13.1 Å². The lowest BCUT2D eigenvalue weighted by atomic mass is 10.1. The molecule has 0 amide bonds. The van der Waals surface area contributed by atoms with Crippen LogP contribution in [0.5, 0.6) is 0 Å². The first-order chi connectivity index (χ1) is 9.92. The van der Waals surface area contributed by atoms with Crippen LogP contribution in [0.25, 0.3) is 0 Å². The highest BCUT2D eigenvalue weighted by atomic mass is 35.5. The van der Waals surface area contributed by atoms with Gasteiger partial charge in [0.2, 0.25) is 10.0 Å². The van der Waals surface area contributed by atoms with Crippen molar-refractivity contribution in [1.82, 2.24) is 4.72 Å². The molecule has 0 bridgehead atoms. The Balaban J connectivity index is 2.14. The normalized spacial score (nSPS) is 13.3. The van der Waals surface area contributed by atoms with Crippen LogP contribution >= 0.6 is 22.9 Å². The lowest BCUT2D eigenvalue weighted by Crippen LogP contribution is -2.34. The largest absolute Gasteiger partial charge is 0.392 e. The molecule has 0 aliphatic carbocycles. The van der Waals surface area contributed by atoms with Crippen molar-refractivity contribution in [2.45, 2.75) is 30.9 Å². The number of rotatable bonds is 6. The Bertz CT molecular complexity index is 699. The molecule has 1 heterocycles. The van der Waals surface area contributed by atoms with Crippen LogP contribution in [0.3, 0.4) is 0 Å². The highest BCUT2D eigenvalue weighted by molar-refractivity contribution is 7.89. The maximum absolute atomic E-state index is 12.3. The molecule has 1 atom stereocenters. The molecule has 21 heavy (non-hydrogen) atoms. The lowest BCUT2D eigenvalue weighted by molar-refractivity contribution is 0.281. The average Bonchev–Trinajstić information content (AvgIpc) is 2.91. The van der Waals surface area contributed by atoms with Gasteiger partial charge in [0.05, 0.1) is 11.5 Å². The van der Waals surface area contributed by atoms with Crippen molar-refractivity contribution in [1.29, 1.82) is 0 Å². The summed E-state index contributed by atoms with van der Waals surface area (Å²) in [6, 6.07) is 6.05. The van der Waals surface area contributed by atoms with E-state index in [1.807, 2.05) is 23.8 Å². The van der Waals surface area contributed by atoms with Crippen molar-refractivity contribution in [3.05, 3.63) is 51.2 Å². The van der Waals surface area contributed by atoms with Crippen molar-refractivity contribution in [2.24, 2.45) is 0 Å². The Morgan fingerprint density at radius 2 is 2.14 bits per heavy atom. The Labute approximate surface area is 133 Å². The molecule has 2 rings (SSSR count). The Hall–Kier alpha value is -0.920. The maximum Gasteiger partial charge on any atom is 0.240 e. The molecule has 1 aromatic carbocycles. The van der Waals surface area contributed by atoms with Gasteiger partial charge in [0.25, 0.3) is 0 Å². The topological polar surface area (TPSA) is 66.4 Å². The molecule has 0 fully saturated rings. The third-order valence-electron chi connectivity index (χ3n) is 2.98. The Kier molecular flexibility index (Phi) is 5.40. The van der Waals surface area contributed by atoms with Crippen molar-refractivity contribution in [3.63, 3.8) is 0 Å². The smallest absolute Gasteiger partial charge is 0.240 e. The van der Waals surface area contributed by atoms with Crippen LogP contribution in [0.1, 0.15) is 18.1 Å². The number of aliphatic hydroxyl groups excluding tert-OH is 1. The second kappa shape index (κ2) is 6.89. The minimum absolute atomic E-state index is 0.105. The second-order valence-electron chi connectivity index (χ2n) is 4.77. The maximum atomic E-state index is 12.3. The molecule has 7 heteroatoms. The molecule has 0 aliphatic heterocycles. The number of benzene rings is 1. The number of halogens is 1. The van der Waals surface area contributed by atoms with Crippen molar-refractivity contribution >= 4 is 33.0 Å². The zero-order valence-electron chi connectivity index (χ0n) is 11.4. The number of sulfonamides is 1. The fourth-order valence-electron chi connectivity index (χ4n) is 1.98. The zero-order valence-corrected chi connectivity index (χ0v) is 13.8. The number of hydrogen-bond acceptors (Lipinski definition) is 4. The predicted molar refractivity (Wildman–Crippen MR) is 85.2 cm³/mol. The highest BCUT2D eigenvalue weighted by Crippen LogP contribution is 2.21. The van der Waals surface area contributed by atoms with Gasteiger partial charge in [-0.2, -0.15) is 11.3 Å². The lowest BCUT2D eigenvalue weighted by Gasteiger charge is -2.14. The highest BCUT2D eigenvalue weighted by Gasteiger charge is 2.18. The molecule has 2 aromatic rings. The molecule has 0 spiro atoms. The Morgan fingerprint density at radius 1 is 1.38 bits per heavy atom. The first-order valence-corrected chi connectivity index (χ1v) is 9.15. The zero-order chi connectivity index (χ0) is 15.5. The van der Waals surface area contributed by atoms with Crippen LogP contribution in [0.15, 0.2) is 39.9 Å². The molecular weight excluding hydrogens is 330 g/mol. The average molecular weight is 346 g/mol. The summed E-state index contributed by atoms with van der Waals surface area (Å²) >= 11 is 7.46. The fraction of sp³-hybridized carbons (Fsp3) is 0.286. The summed E-state index contributed by atoms with van der Waals surface area (Å²) in [7, 11) is -3.63. The first-order valence-electron chi connectivity index (χ1n) is 6.35. The molecule has 1 aromatic heterocycles. The van der Waals surface area contributed by atoms with E-state index in [4.69, 9.17) is 16.7 Å². The SMILES string of the molecule is CC(Cc1ccsc1)NS(=O)(=O)c1ccc(Cl)c(CO)c1. The van der Waals surface area contributed by atoms with Crippen molar-refractivity contribution < 1.29 is 13.5 Å². The summed E-state index contributed by atoms with van der Waals surface area (Å²) in [5.41, 5.74) is 1.49. The van der Waals surface area contributed by atoms with E-state index >= 15 is 0 Å².